The number of β-amino-alcohol motifs (C(OH)–C–C–N with tert-alkyl or cyclic N) is 1. The van der Waals surface area contributed by atoms with Gasteiger partial charge in [0, 0.05) is 43.3 Å². The van der Waals surface area contributed by atoms with Gasteiger partial charge in [-0.2, -0.15) is 18.7 Å². The van der Waals surface area contributed by atoms with E-state index in [0.717, 1.165) is 19.4 Å². The van der Waals surface area contributed by atoms with E-state index < -0.39 is 29.3 Å². The normalized spacial score (nSPS) is 28.7. The van der Waals surface area contributed by atoms with Gasteiger partial charge in [0.2, 0.25) is 0 Å². The highest BCUT2D eigenvalue weighted by atomic mass is 19.3. The van der Waals surface area contributed by atoms with Gasteiger partial charge in [-0.15, -0.1) is 0 Å². The first-order valence-electron chi connectivity index (χ1n) is 15.2. The van der Waals surface area contributed by atoms with E-state index in [-0.39, 0.29) is 60.3 Å². The number of rotatable bonds is 5. The number of aliphatic hydroxyl groups is 1. The number of amides is 1. The second kappa shape index (κ2) is 10.4. The Kier molecular flexibility index (Phi) is 6.84. The van der Waals surface area contributed by atoms with E-state index >= 15 is 0 Å². The minimum Gasteiger partial charge on any atom is -0.508 e. The van der Waals surface area contributed by atoms with Crippen LogP contribution in [0.2, 0.25) is 0 Å². The summed E-state index contributed by atoms with van der Waals surface area (Å²) in [5.41, 5.74) is 0.130. The van der Waals surface area contributed by atoms with Crippen LogP contribution >= 0.6 is 0 Å². The van der Waals surface area contributed by atoms with E-state index in [1.165, 1.54) is 17.0 Å². The van der Waals surface area contributed by atoms with Crippen molar-refractivity contribution in [3.63, 3.8) is 0 Å². The lowest BCUT2D eigenvalue weighted by Crippen LogP contribution is -2.47. The second-order valence-corrected chi connectivity index (χ2v) is 13.0. The van der Waals surface area contributed by atoms with E-state index in [1.807, 2.05) is 4.90 Å². The molecule has 1 aromatic heterocycles. The number of piperidine rings is 1. The number of anilines is 2. The highest BCUT2D eigenvalue weighted by molar-refractivity contribution is 6.14. The molecule has 1 aliphatic carbocycles. The molecule has 12 heteroatoms. The summed E-state index contributed by atoms with van der Waals surface area (Å²) in [7, 11) is 0. The number of nitrogens with zero attached hydrogens (tertiary/aromatic N) is 5. The Morgan fingerprint density at radius 3 is 2.72 bits per heavy atom. The van der Waals surface area contributed by atoms with E-state index in [0.29, 0.717) is 62.3 Å². The molecule has 7 rings (SSSR count). The average molecular weight is 600 g/mol. The SMILES string of the molecule is CC1(O)CCCN(c2nc(OC[C@@]34CCCN3C[C@H](F)C4)nc3c2C(=O)N(c2cc(O)cc4c2C(=C(F)F)CCC4)C3)C1. The number of alkyl halides is 1. The van der Waals surface area contributed by atoms with Gasteiger partial charge in [-0.25, -0.2) is 4.39 Å². The van der Waals surface area contributed by atoms with E-state index in [1.54, 1.807) is 6.92 Å². The van der Waals surface area contributed by atoms with Crippen molar-refractivity contribution in [2.75, 3.05) is 42.6 Å². The summed E-state index contributed by atoms with van der Waals surface area (Å²) in [4.78, 5) is 28.8. The molecule has 9 nitrogen and oxygen atoms in total. The molecular weight excluding hydrogens is 563 g/mol. The third-order valence-electron chi connectivity index (χ3n) is 9.79. The number of ether oxygens (including phenoxy) is 1. The van der Waals surface area contributed by atoms with Gasteiger partial charge in [-0.05, 0) is 70.0 Å². The molecule has 230 valence electrons. The predicted octanol–water partition coefficient (Wildman–Crippen LogP) is 4.59. The number of benzene rings is 1. The molecule has 2 aromatic rings. The van der Waals surface area contributed by atoms with Gasteiger partial charge in [0.25, 0.3) is 12.0 Å². The Morgan fingerprint density at radius 2 is 1.93 bits per heavy atom. The van der Waals surface area contributed by atoms with Crippen LogP contribution in [0.25, 0.3) is 5.57 Å². The Labute approximate surface area is 248 Å². The highest BCUT2D eigenvalue weighted by Gasteiger charge is 2.49. The van der Waals surface area contributed by atoms with Crippen LogP contribution in [-0.4, -0.2) is 81.1 Å². The number of carbonyl (C=O) groups is 1. The van der Waals surface area contributed by atoms with Gasteiger partial charge in [0.15, 0.2) is 0 Å². The second-order valence-electron chi connectivity index (χ2n) is 13.0. The lowest BCUT2D eigenvalue weighted by atomic mass is 9.86. The fourth-order valence-electron chi connectivity index (χ4n) is 7.90. The maximum Gasteiger partial charge on any atom is 0.318 e. The molecule has 1 amide bonds. The summed E-state index contributed by atoms with van der Waals surface area (Å²) < 4.78 is 48.8. The number of aryl methyl sites for hydroxylation is 1. The smallest absolute Gasteiger partial charge is 0.318 e. The fourth-order valence-corrected chi connectivity index (χ4v) is 7.90. The zero-order valence-electron chi connectivity index (χ0n) is 24.2. The van der Waals surface area contributed by atoms with Gasteiger partial charge in [0.1, 0.15) is 29.9 Å². The molecule has 0 bridgehead atoms. The van der Waals surface area contributed by atoms with Gasteiger partial charge < -0.3 is 24.7 Å². The van der Waals surface area contributed by atoms with E-state index in [2.05, 4.69) is 9.88 Å². The first-order chi connectivity index (χ1) is 20.5. The quantitative estimate of drug-likeness (QED) is 0.515. The van der Waals surface area contributed by atoms with Gasteiger partial charge in [-0.1, -0.05) is 0 Å². The van der Waals surface area contributed by atoms with Crippen LogP contribution in [0.5, 0.6) is 11.8 Å². The van der Waals surface area contributed by atoms with Crippen molar-refractivity contribution in [3.05, 3.63) is 40.6 Å². The Bertz CT molecular complexity index is 1510. The molecule has 3 fully saturated rings. The highest BCUT2D eigenvalue weighted by Crippen LogP contribution is 2.46. The Hall–Kier alpha value is -3.38. The molecule has 4 aliphatic heterocycles. The largest absolute Gasteiger partial charge is 0.508 e. The molecule has 0 saturated carbocycles. The number of hydrogen-bond donors (Lipinski definition) is 2. The summed E-state index contributed by atoms with van der Waals surface area (Å²) in [5, 5.41) is 21.4. The summed E-state index contributed by atoms with van der Waals surface area (Å²) in [5.74, 6) is -0.247. The number of carbonyl (C=O) groups excluding carboxylic acids is 1. The summed E-state index contributed by atoms with van der Waals surface area (Å²) >= 11 is 0. The van der Waals surface area contributed by atoms with Crippen molar-refractivity contribution < 1.29 is 32.9 Å². The maximum atomic E-state index is 14.4. The number of halogens is 3. The fraction of sp³-hybridized carbons (Fsp3) is 0.581. The zero-order valence-corrected chi connectivity index (χ0v) is 24.2. The van der Waals surface area contributed by atoms with Crippen LogP contribution in [0.15, 0.2) is 18.2 Å². The minimum absolute atomic E-state index is 0.0226. The van der Waals surface area contributed by atoms with Crippen molar-refractivity contribution in [1.29, 1.82) is 0 Å². The van der Waals surface area contributed by atoms with Gasteiger partial charge in [0.05, 0.1) is 29.1 Å². The monoisotopic (exact) mass is 599 g/mol. The van der Waals surface area contributed by atoms with Crippen molar-refractivity contribution in [2.24, 2.45) is 0 Å². The number of fused-ring (bicyclic) bond motifs is 3. The first kappa shape index (κ1) is 28.4. The number of allylic oxidation sites excluding steroid dienone is 1. The average Bonchev–Trinajstić information content (AvgIpc) is 3.59. The van der Waals surface area contributed by atoms with E-state index in [9.17, 15) is 28.2 Å². The molecule has 1 aromatic carbocycles. The van der Waals surface area contributed by atoms with Crippen molar-refractivity contribution in [2.45, 2.75) is 82.1 Å². The molecule has 0 radical (unpaired) electrons. The van der Waals surface area contributed by atoms with Crippen LogP contribution in [0, 0.1) is 0 Å². The molecule has 5 heterocycles. The van der Waals surface area contributed by atoms with Crippen LogP contribution in [0.1, 0.15) is 79.0 Å². The third kappa shape index (κ3) is 4.92. The third-order valence-corrected chi connectivity index (χ3v) is 9.79. The summed E-state index contributed by atoms with van der Waals surface area (Å²) in [6.07, 6.45) is 1.93. The van der Waals surface area contributed by atoms with Crippen molar-refractivity contribution in [1.82, 2.24) is 14.9 Å². The van der Waals surface area contributed by atoms with Crippen LogP contribution in [0.4, 0.5) is 24.7 Å². The molecule has 0 spiro atoms. The Balaban J connectivity index is 1.28. The molecular formula is C31H36F3N5O4. The lowest BCUT2D eigenvalue weighted by molar-refractivity contribution is 0.0445. The van der Waals surface area contributed by atoms with Crippen molar-refractivity contribution in [3.8, 4) is 11.8 Å². The summed E-state index contributed by atoms with van der Waals surface area (Å²) in [6.45, 7) is 3.93. The zero-order chi connectivity index (χ0) is 30.1. The van der Waals surface area contributed by atoms with Crippen LogP contribution in [-0.2, 0) is 13.0 Å². The number of phenolic OH excluding ortho intramolecular Hbond substituents is 1. The molecule has 3 atom stereocenters. The maximum absolute atomic E-state index is 14.4. The summed E-state index contributed by atoms with van der Waals surface area (Å²) in [6, 6.07) is 2.90. The topological polar surface area (TPSA) is 102 Å². The minimum atomic E-state index is -1.80. The Morgan fingerprint density at radius 1 is 1.12 bits per heavy atom. The van der Waals surface area contributed by atoms with E-state index in [4.69, 9.17) is 9.72 Å². The standard InChI is InChI=1S/C31H36F3N5O4/c1-30(42)7-3-9-37(16-30)27-25-22(35-29(36-27)43-17-31-8-4-10-38(31)14-19(32)13-31)15-39(28(25)41)23-12-20(40)11-18-5-2-6-21(24(18)23)26(33)34/h11-12,19,40,42H,2-10,13-17H2,1H3/t19-,30?,31+/m1/s1. The molecule has 1 unspecified atom stereocenters. The number of phenols is 1. The van der Waals surface area contributed by atoms with Crippen molar-refractivity contribution >= 4 is 23.0 Å². The molecule has 5 aliphatic rings. The predicted molar refractivity (Wildman–Crippen MR) is 153 cm³/mol. The molecule has 3 saturated heterocycles. The van der Waals surface area contributed by atoms with Gasteiger partial charge in [-0.3, -0.25) is 9.69 Å². The number of hydrogen-bond acceptors (Lipinski definition) is 8. The number of aromatic hydroxyl groups is 1. The first-order valence-corrected chi connectivity index (χ1v) is 15.2. The lowest BCUT2D eigenvalue weighted by Gasteiger charge is -2.38. The number of aromatic nitrogens is 2. The molecule has 43 heavy (non-hydrogen) atoms. The van der Waals surface area contributed by atoms with Gasteiger partial charge >= 0.3 is 6.01 Å². The van der Waals surface area contributed by atoms with Crippen LogP contribution < -0.4 is 14.5 Å². The molecule has 2 N–H and O–H groups in total. The van der Waals surface area contributed by atoms with Crippen LogP contribution in [0.3, 0.4) is 0 Å².